The van der Waals surface area contributed by atoms with Crippen molar-refractivity contribution in [2.45, 2.75) is 13.8 Å². The van der Waals surface area contributed by atoms with Crippen molar-refractivity contribution in [3.8, 4) is 17.3 Å². The van der Waals surface area contributed by atoms with Crippen LogP contribution in [0.1, 0.15) is 16.8 Å². The van der Waals surface area contributed by atoms with Crippen LogP contribution in [0.5, 0.6) is 0 Å². The maximum Gasteiger partial charge on any atom is 0.144 e. The van der Waals surface area contributed by atoms with Gasteiger partial charge in [-0.3, -0.25) is 4.40 Å². The van der Waals surface area contributed by atoms with Crippen LogP contribution in [0.2, 0.25) is 0 Å². The second-order valence-electron chi connectivity index (χ2n) is 5.62. The molecule has 0 aliphatic heterocycles. The molecule has 0 aliphatic carbocycles. The summed E-state index contributed by atoms with van der Waals surface area (Å²) in [4.78, 5) is 10.9. The number of hydrogen-bond donors (Lipinski definition) is 1. The summed E-state index contributed by atoms with van der Waals surface area (Å²) >= 11 is 0. The van der Waals surface area contributed by atoms with E-state index in [0.29, 0.717) is 11.3 Å². The zero-order chi connectivity index (χ0) is 17.8. The second kappa shape index (κ2) is 6.97. The Balaban J connectivity index is 0.000000146. The van der Waals surface area contributed by atoms with Crippen molar-refractivity contribution in [1.29, 1.82) is 5.26 Å². The first-order chi connectivity index (χ1) is 12.1. The van der Waals surface area contributed by atoms with E-state index in [4.69, 9.17) is 5.26 Å². The van der Waals surface area contributed by atoms with Gasteiger partial charge in [0.25, 0.3) is 0 Å². The highest BCUT2D eigenvalue weighted by Gasteiger charge is 2.02. The molecule has 0 bridgehead atoms. The zero-order valence-electron chi connectivity index (χ0n) is 13.9. The van der Waals surface area contributed by atoms with E-state index >= 15 is 0 Å². The lowest BCUT2D eigenvalue weighted by atomic mass is 10.1. The average molecular weight is 333 g/mol. The van der Waals surface area contributed by atoms with Gasteiger partial charge in [-0.25, -0.2) is 14.4 Å². The molecule has 0 spiro atoms. The number of benzene rings is 1. The lowest BCUT2D eigenvalue weighted by molar-refractivity contribution is 0.619. The molecule has 25 heavy (non-hydrogen) atoms. The SMILES string of the molecule is Cc1cc(-c2cnc[nH]2)ccc1F.Cc1ccc2ncc(C#N)n2c1. The molecule has 5 nitrogen and oxygen atoms in total. The van der Waals surface area contributed by atoms with Crippen LogP contribution in [0.15, 0.2) is 55.2 Å². The van der Waals surface area contributed by atoms with Gasteiger partial charge in [-0.2, -0.15) is 5.26 Å². The van der Waals surface area contributed by atoms with Gasteiger partial charge in [-0.15, -0.1) is 0 Å². The molecule has 0 radical (unpaired) electrons. The van der Waals surface area contributed by atoms with Crippen LogP contribution in [-0.4, -0.2) is 19.4 Å². The Bertz CT molecular complexity index is 1040. The number of hydrogen-bond acceptors (Lipinski definition) is 3. The molecule has 3 heterocycles. The standard InChI is InChI=1S/C10H9FN2.C9H7N3/c1-7-4-8(2-3-9(7)11)10-5-12-6-13-10;1-7-2-3-9-11-5-8(4-10)12(9)6-7/h2-6H,1H3,(H,12,13);2-3,5-6H,1H3. The third-order valence-electron chi connectivity index (χ3n) is 3.74. The fourth-order valence-corrected chi connectivity index (χ4v) is 2.40. The molecule has 124 valence electrons. The number of halogens is 1. The number of nitrogens with one attached hydrogen (secondary N) is 1. The number of aromatic amines is 1. The quantitative estimate of drug-likeness (QED) is 0.571. The first-order valence-electron chi connectivity index (χ1n) is 7.67. The molecular formula is C19H16FN5. The minimum atomic E-state index is -0.178. The van der Waals surface area contributed by atoms with Gasteiger partial charge in [0.2, 0.25) is 0 Å². The lowest BCUT2D eigenvalue weighted by Crippen LogP contribution is -1.88. The van der Waals surface area contributed by atoms with Crippen LogP contribution in [0, 0.1) is 31.0 Å². The van der Waals surface area contributed by atoms with E-state index < -0.39 is 0 Å². The number of nitriles is 1. The van der Waals surface area contributed by atoms with Gasteiger partial charge in [-0.05, 0) is 49.2 Å². The van der Waals surface area contributed by atoms with Gasteiger partial charge in [0.05, 0.1) is 24.4 Å². The highest BCUT2D eigenvalue weighted by molar-refractivity contribution is 5.59. The van der Waals surface area contributed by atoms with E-state index in [1.54, 1.807) is 42.2 Å². The summed E-state index contributed by atoms with van der Waals surface area (Å²) in [5.74, 6) is -0.178. The fraction of sp³-hybridized carbons (Fsp3) is 0.105. The smallest absolute Gasteiger partial charge is 0.144 e. The fourth-order valence-electron chi connectivity index (χ4n) is 2.40. The Labute approximate surface area is 144 Å². The van der Waals surface area contributed by atoms with E-state index in [-0.39, 0.29) is 5.82 Å². The third kappa shape index (κ3) is 3.56. The van der Waals surface area contributed by atoms with E-state index in [2.05, 4.69) is 21.0 Å². The topological polar surface area (TPSA) is 69.8 Å². The van der Waals surface area contributed by atoms with Gasteiger partial charge in [0, 0.05) is 11.8 Å². The molecule has 1 N–H and O–H groups in total. The first-order valence-corrected chi connectivity index (χ1v) is 7.67. The maximum absolute atomic E-state index is 12.9. The monoisotopic (exact) mass is 333 g/mol. The van der Waals surface area contributed by atoms with E-state index in [1.807, 2.05) is 25.3 Å². The van der Waals surface area contributed by atoms with Crippen molar-refractivity contribution in [1.82, 2.24) is 19.4 Å². The summed E-state index contributed by atoms with van der Waals surface area (Å²) in [5.41, 5.74) is 5.02. The number of H-pyrrole nitrogens is 1. The summed E-state index contributed by atoms with van der Waals surface area (Å²) in [6, 6.07) is 10.9. The highest BCUT2D eigenvalue weighted by Crippen LogP contribution is 2.18. The molecule has 4 rings (SSSR count). The number of aryl methyl sites for hydroxylation is 2. The summed E-state index contributed by atoms with van der Waals surface area (Å²) in [6.07, 6.45) is 6.80. The lowest BCUT2D eigenvalue weighted by Gasteiger charge is -1.99. The molecule has 6 heteroatoms. The molecule has 0 amide bonds. The number of fused-ring (bicyclic) bond motifs is 1. The van der Waals surface area contributed by atoms with E-state index in [0.717, 1.165) is 22.5 Å². The van der Waals surface area contributed by atoms with Gasteiger partial charge in [0.15, 0.2) is 0 Å². The number of pyridine rings is 1. The molecular weight excluding hydrogens is 317 g/mol. The van der Waals surface area contributed by atoms with Crippen LogP contribution >= 0.6 is 0 Å². The third-order valence-corrected chi connectivity index (χ3v) is 3.74. The van der Waals surface area contributed by atoms with Crippen molar-refractivity contribution in [3.63, 3.8) is 0 Å². The normalized spacial score (nSPS) is 10.2. The van der Waals surface area contributed by atoms with Crippen molar-refractivity contribution in [2.24, 2.45) is 0 Å². The molecule has 0 fully saturated rings. The molecule has 1 aromatic carbocycles. The number of nitrogens with zero attached hydrogens (tertiary/aromatic N) is 4. The summed E-state index contributed by atoms with van der Waals surface area (Å²) in [6.45, 7) is 3.73. The Morgan fingerprint density at radius 1 is 1.16 bits per heavy atom. The van der Waals surface area contributed by atoms with Crippen molar-refractivity contribution < 1.29 is 4.39 Å². The Morgan fingerprint density at radius 2 is 2.00 bits per heavy atom. The molecule has 4 aromatic rings. The van der Waals surface area contributed by atoms with Crippen LogP contribution in [-0.2, 0) is 0 Å². The first kappa shape index (κ1) is 16.4. The van der Waals surface area contributed by atoms with Crippen LogP contribution < -0.4 is 0 Å². The largest absolute Gasteiger partial charge is 0.345 e. The van der Waals surface area contributed by atoms with Crippen molar-refractivity contribution in [2.75, 3.05) is 0 Å². The number of aromatic nitrogens is 4. The second-order valence-corrected chi connectivity index (χ2v) is 5.62. The van der Waals surface area contributed by atoms with Crippen LogP contribution in [0.3, 0.4) is 0 Å². The van der Waals surface area contributed by atoms with Crippen LogP contribution in [0.25, 0.3) is 16.9 Å². The van der Waals surface area contributed by atoms with Gasteiger partial charge >= 0.3 is 0 Å². The molecule has 0 saturated heterocycles. The molecule has 0 unspecified atom stereocenters. The van der Waals surface area contributed by atoms with Crippen LogP contribution in [0.4, 0.5) is 4.39 Å². The highest BCUT2D eigenvalue weighted by atomic mass is 19.1. The summed E-state index contributed by atoms with van der Waals surface area (Å²) < 4.78 is 14.7. The maximum atomic E-state index is 12.9. The summed E-state index contributed by atoms with van der Waals surface area (Å²) in [5, 5.41) is 8.70. The van der Waals surface area contributed by atoms with Gasteiger partial charge in [-0.1, -0.05) is 6.07 Å². The van der Waals surface area contributed by atoms with Crippen molar-refractivity contribution in [3.05, 3.63) is 77.9 Å². The molecule has 3 aromatic heterocycles. The van der Waals surface area contributed by atoms with E-state index in [9.17, 15) is 4.39 Å². The Hall–Kier alpha value is -3.46. The average Bonchev–Trinajstić information content (AvgIpc) is 3.27. The molecule has 0 aliphatic rings. The minimum Gasteiger partial charge on any atom is -0.345 e. The van der Waals surface area contributed by atoms with E-state index in [1.165, 1.54) is 6.07 Å². The molecule has 0 saturated carbocycles. The zero-order valence-corrected chi connectivity index (χ0v) is 13.9. The minimum absolute atomic E-state index is 0.178. The predicted octanol–water partition coefficient (Wildman–Crippen LogP) is 4.04. The van der Waals surface area contributed by atoms with Gasteiger partial charge < -0.3 is 4.98 Å². The van der Waals surface area contributed by atoms with Gasteiger partial charge in [0.1, 0.15) is 23.2 Å². The number of rotatable bonds is 1. The van der Waals surface area contributed by atoms with Crippen molar-refractivity contribution >= 4 is 5.65 Å². The Morgan fingerprint density at radius 3 is 2.68 bits per heavy atom. The number of imidazole rings is 2. The summed E-state index contributed by atoms with van der Waals surface area (Å²) in [7, 11) is 0. The predicted molar refractivity (Wildman–Crippen MR) is 93.4 cm³/mol. The molecule has 0 atom stereocenters. The Kier molecular flexibility index (Phi) is 4.57.